The molecule has 19 heteroatoms. The Kier molecular flexibility index (Phi) is 42.7. The molecular weight excluding hydrogens is 973 g/mol. The molecule has 1 heterocycles. The molecule has 2 unspecified atom stereocenters. The molecule has 0 amide bonds. The molecular formula is C54H77N5Na2O11S. The van der Waals surface area contributed by atoms with E-state index in [0.717, 1.165) is 61.1 Å². The van der Waals surface area contributed by atoms with Crippen molar-refractivity contribution in [2.45, 2.75) is 143 Å². The van der Waals surface area contributed by atoms with E-state index in [1.807, 2.05) is 43.4 Å². The Hall–Kier alpha value is -3.46. The number of azo groups is 1. The Bertz CT molecular complexity index is 2050. The maximum Gasteiger partial charge on any atom is 1.00 e. The number of carboxylic acids is 2. The Morgan fingerprint density at radius 2 is 1.16 bits per heavy atom. The van der Waals surface area contributed by atoms with Gasteiger partial charge in [-0.2, -0.15) is 5.26 Å². The summed E-state index contributed by atoms with van der Waals surface area (Å²) in [6, 6.07) is 7.74. The van der Waals surface area contributed by atoms with Crippen LogP contribution in [0.3, 0.4) is 0 Å². The van der Waals surface area contributed by atoms with Crippen molar-refractivity contribution >= 4 is 56.6 Å². The van der Waals surface area contributed by atoms with Gasteiger partial charge in [-0.3, -0.25) is 9.59 Å². The number of esters is 2. The number of thiophene rings is 1. The van der Waals surface area contributed by atoms with Crippen LogP contribution in [0.25, 0.3) is 4.85 Å². The fourth-order valence-electron chi connectivity index (χ4n) is 7.30. The zero-order valence-electron chi connectivity index (χ0n) is 44.6. The van der Waals surface area contributed by atoms with Crippen LogP contribution >= 0.6 is 11.3 Å². The first-order valence-corrected chi connectivity index (χ1v) is 26.2. The molecule has 0 N–H and O–H groups in total. The summed E-state index contributed by atoms with van der Waals surface area (Å²) < 4.78 is 27.7. The number of benzene rings is 1. The number of ether oxygens (including phenoxy) is 5. The van der Waals surface area contributed by atoms with Gasteiger partial charge in [-0.05, 0) is 81.7 Å². The number of carbonyl (C=O) groups excluding carboxylic acids is 4. The molecule has 0 aliphatic heterocycles. The zero-order valence-corrected chi connectivity index (χ0v) is 49.4. The van der Waals surface area contributed by atoms with Gasteiger partial charge in [-0.1, -0.05) is 102 Å². The van der Waals surface area contributed by atoms with E-state index in [2.05, 4.69) is 39.9 Å². The molecule has 0 fully saturated rings. The quantitative estimate of drug-likeness (QED) is 0.0229. The zero-order chi connectivity index (χ0) is 51.9. The van der Waals surface area contributed by atoms with Gasteiger partial charge < -0.3 is 48.4 Å². The summed E-state index contributed by atoms with van der Waals surface area (Å²) in [4.78, 5) is 53.7. The number of anilines is 1. The molecule has 2 atom stereocenters. The molecule has 2 rings (SSSR count). The number of aryl methyl sites for hydroxylation is 1. The molecule has 0 saturated heterocycles. The van der Waals surface area contributed by atoms with E-state index in [0.29, 0.717) is 46.5 Å². The van der Waals surface area contributed by atoms with E-state index >= 15 is 0 Å². The standard InChI is InChI=1S/C54H79N5O11S.2Na/c1-6-8-10-12-14-16-17-19-21-23-25-44(53(62)63)39-49(60)69-36-34-67-31-29-59(46-26-27-48(42(3)38-46)57-58-52-47(41-55)43(4)51(56-5)71-52)28-30-66-32-33-68-35-37-70-50(61)40-45(54(64)65)24-22-20-18-15-13-11-9-7-2;;/h20-23,26-27,38,44-45H,6-19,24-25,28-37,39-40H2,1-4H3,(H,62,63)(H,64,65);;/q;2*+1/p-2/b22-20+,23-21+,58-57?;;. The normalized spacial score (nSPS) is 12.0. The summed E-state index contributed by atoms with van der Waals surface area (Å²) >= 11 is 1.12. The van der Waals surface area contributed by atoms with Gasteiger partial charge in [0.1, 0.15) is 24.3 Å². The molecule has 0 radical (unpaired) electrons. The third-order valence-corrected chi connectivity index (χ3v) is 12.7. The molecule has 2 aromatic rings. The number of unbranched alkanes of at least 4 members (excludes halogenated alkanes) is 12. The van der Waals surface area contributed by atoms with E-state index < -0.39 is 35.7 Å². The molecule has 1 aromatic heterocycles. The van der Waals surface area contributed by atoms with Crippen LogP contribution in [-0.4, -0.2) is 89.8 Å². The van der Waals surface area contributed by atoms with Crippen molar-refractivity contribution in [3.63, 3.8) is 0 Å². The fourth-order valence-corrected chi connectivity index (χ4v) is 8.17. The molecule has 16 nitrogen and oxygen atoms in total. The average Bonchev–Trinajstić information content (AvgIpc) is 3.67. The minimum atomic E-state index is -1.29. The van der Waals surface area contributed by atoms with E-state index in [4.69, 9.17) is 30.3 Å². The van der Waals surface area contributed by atoms with Crippen LogP contribution in [0.15, 0.2) is 52.7 Å². The second kappa shape index (κ2) is 44.8. The molecule has 1 aromatic carbocycles. The monoisotopic (exact) mass is 1050 g/mol. The number of hydrogen-bond acceptors (Lipinski definition) is 16. The minimum absolute atomic E-state index is 0. The smallest absolute Gasteiger partial charge is 0.550 e. The van der Waals surface area contributed by atoms with Crippen LogP contribution in [-0.2, 0) is 42.9 Å². The van der Waals surface area contributed by atoms with Gasteiger partial charge in [-0.15, -0.1) is 21.6 Å². The predicted octanol–water partition coefficient (Wildman–Crippen LogP) is 4.06. The van der Waals surface area contributed by atoms with Crippen molar-refractivity contribution in [3.8, 4) is 6.07 Å². The van der Waals surface area contributed by atoms with E-state index in [9.17, 15) is 34.7 Å². The number of nitriles is 1. The van der Waals surface area contributed by atoms with Gasteiger partial charge in [0.25, 0.3) is 0 Å². The molecule has 0 saturated carbocycles. The number of allylic oxidation sites excluding steroid dienone is 4. The van der Waals surface area contributed by atoms with Gasteiger partial charge in [0.2, 0.25) is 5.00 Å². The summed E-state index contributed by atoms with van der Waals surface area (Å²) in [5.41, 5.74) is 3.15. The summed E-state index contributed by atoms with van der Waals surface area (Å²) in [7, 11) is 0. The topological polar surface area (TPSA) is 217 Å². The van der Waals surface area contributed by atoms with Gasteiger partial charge in [0.15, 0.2) is 0 Å². The van der Waals surface area contributed by atoms with Crippen LogP contribution in [0.1, 0.15) is 146 Å². The maximum atomic E-state index is 12.5. The van der Waals surface area contributed by atoms with Crippen LogP contribution < -0.4 is 74.2 Å². The summed E-state index contributed by atoms with van der Waals surface area (Å²) in [6.07, 6.45) is 23.3. The van der Waals surface area contributed by atoms with Crippen molar-refractivity contribution in [2.24, 2.45) is 22.1 Å². The predicted molar refractivity (Wildman–Crippen MR) is 272 cm³/mol. The second-order valence-corrected chi connectivity index (χ2v) is 18.3. The largest absolute Gasteiger partial charge is 1.00 e. The molecule has 73 heavy (non-hydrogen) atoms. The van der Waals surface area contributed by atoms with Crippen molar-refractivity contribution in [3.05, 3.63) is 70.6 Å². The summed E-state index contributed by atoms with van der Waals surface area (Å²) in [5.74, 6) is -5.76. The van der Waals surface area contributed by atoms with Gasteiger partial charge in [0, 0.05) is 42.6 Å². The number of hydrogen-bond donors (Lipinski definition) is 0. The minimum Gasteiger partial charge on any atom is -0.550 e. The van der Waals surface area contributed by atoms with Crippen molar-refractivity contribution in [2.75, 3.05) is 70.8 Å². The van der Waals surface area contributed by atoms with Gasteiger partial charge in [-0.25, -0.2) is 4.85 Å². The molecule has 0 aliphatic carbocycles. The first kappa shape index (κ1) is 69.5. The third kappa shape index (κ3) is 31.9. The molecule has 392 valence electrons. The number of aliphatic carboxylic acids is 2. The summed E-state index contributed by atoms with van der Waals surface area (Å²) in [5, 5.41) is 42.4. The Labute approximate surface area is 483 Å². The molecule has 0 spiro atoms. The van der Waals surface area contributed by atoms with Gasteiger partial charge in [0.05, 0.1) is 70.3 Å². The van der Waals surface area contributed by atoms with Crippen LogP contribution in [0.2, 0.25) is 0 Å². The van der Waals surface area contributed by atoms with Crippen molar-refractivity contribution < 1.29 is 112 Å². The van der Waals surface area contributed by atoms with Crippen molar-refractivity contribution in [1.29, 1.82) is 5.26 Å². The average molecular weight is 1050 g/mol. The van der Waals surface area contributed by atoms with Crippen molar-refractivity contribution in [1.82, 2.24) is 0 Å². The number of rotatable bonds is 42. The Balaban J connectivity index is 0.0000259. The fraction of sp³-hybridized carbons (Fsp3) is 0.630. The summed E-state index contributed by atoms with van der Waals surface area (Å²) in [6.45, 7) is 17.5. The van der Waals surface area contributed by atoms with E-state index in [1.54, 1.807) is 13.0 Å². The number of carboxylic acid groups (broad SMARTS) is 2. The number of carbonyl (C=O) groups is 4. The first-order valence-electron chi connectivity index (χ1n) is 25.4. The Morgan fingerprint density at radius 3 is 1.62 bits per heavy atom. The molecule has 0 aliphatic rings. The SMILES string of the molecule is [C-]#[N+]c1sc(N=Nc2ccc(N(CCOCCOCCOC(=O)CC(C/C=C/CCCCCCC)C(=O)[O-])CCOCCOC(=O)CC(C/C=C/CCCCCCCCC)C(=O)[O-])cc2C)c(C#N)c1C.[Na+].[Na+]. The maximum absolute atomic E-state index is 12.5. The second-order valence-electron chi connectivity index (χ2n) is 17.3. The first-order chi connectivity index (χ1) is 34.4. The number of nitrogens with zero attached hydrogens (tertiary/aromatic N) is 5. The van der Waals surface area contributed by atoms with Gasteiger partial charge >= 0.3 is 71.1 Å². The third-order valence-electron chi connectivity index (χ3n) is 11.6. The Morgan fingerprint density at radius 1 is 0.699 bits per heavy atom. The van der Waals surface area contributed by atoms with E-state index in [1.165, 1.54) is 51.4 Å². The van der Waals surface area contributed by atoms with Crippen LogP contribution in [0.4, 0.5) is 21.4 Å². The van der Waals surface area contributed by atoms with E-state index in [-0.39, 0.29) is 131 Å². The van der Waals surface area contributed by atoms with Crippen LogP contribution in [0, 0.1) is 43.6 Å². The van der Waals surface area contributed by atoms with Crippen LogP contribution in [0.5, 0.6) is 0 Å². The molecule has 0 bridgehead atoms.